The lowest BCUT2D eigenvalue weighted by atomic mass is 9.94. The zero-order valence-corrected chi connectivity index (χ0v) is 13.1. The summed E-state index contributed by atoms with van der Waals surface area (Å²) >= 11 is 0. The Morgan fingerprint density at radius 1 is 1.30 bits per heavy atom. The summed E-state index contributed by atoms with van der Waals surface area (Å²) < 4.78 is 31.7. The Labute approximate surface area is 120 Å². The van der Waals surface area contributed by atoms with Crippen molar-refractivity contribution < 1.29 is 18.3 Å². The SMILES string of the molecule is CCC1(O)CN(S(=O)(=O)c2c(C)cc(OC)cc2C)C1. The highest BCUT2D eigenvalue weighted by Crippen LogP contribution is 2.34. The van der Waals surface area contributed by atoms with E-state index in [9.17, 15) is 13.5 Å². The Balaban J connectivity index is 2.37. The van der Waals surface area contributed by atoms with Crippen LogP contribution in [0.1, 0.15) is 24.5 Å². The number of rotatable bonds is 4. The van der Waals surface area contributed by atoms with Crippen molar-refractivity contribution in [3.63, 3.8) is 0 Å². The van der Waals surface area contributed by atoms with Gasteiger partial charge in [0.1, 0.15) is 5.75 Å². The van der Waals surface area contributed by atoms with Gasteiger partial charge in [-0.15, -0.1) is 0 Å². The predicted octanol–water partition coefficient (Wildman–Crippen LogP) is 1.46. The zero-order valence-electron chi connectivity index (χ0n) is 12.3. The first kappa shape index (κ1) is 15.3. The molecule has 0 radical (unpaired) electrons. The van der Waals surface area contributed by atoms with Gasteiger partial charge >= 0.3 is 0 Å². The number of aliphatic hydroxyl groups is 1. The summed E-state index contributed by atoms with van der Waals surface area (Å²) in [4.78, 5) is 0.316. The van der Waals surface area contributed by atoms with Crippen molar-refractivity contribution in [3.05, 3.63) is 23.3 Å². The second kappa shape index (κ2) is 5.02. The molecule has 1 aromatic rings. The van der Waals surface area contributed by atoms with Crippen LogP contribution in [-0.4, -0.2) is 43.6 Å². The molecule has 20 heavy (non-hydrogen) atoms. The topological polar surface area (TPSA) is 66.8 Å². The number of ether oxygens (including phenoxy) is 1. The minimum atomic E-state index is -3.55. The molecule has 0 unspecified atom stereocenters. The molecule has 0 bridgehead atoms. The average molecular weight is 299 g/mol. The number of hydrogen-bond donors (Lipinski definition) is 1. The Hall–Kier alpha value is -1.11. The van der Waals surface area contributed by atoms with Gasteiger partial charge in [0.15, 0.2) is 0 Å². The van der Waals surface area contributed by atoms with Crippen LogP contribution in [0.5, 0.6) is 5.75 Å². The summed E-state index contributed by atoms with van der Waals surface area (Å²) in [5.41, 5.74) is 0.448. The Morgan fingerprint density at radius 2 is 1.80 bits per heavy atom. The fourth-order valence-corrected chi connectivity index (χ4v) is 4.58. The largest absolute Gasteiger partial charge is 0.497 e. The third kappa shape index (κ3) is 2.43. The molecule has 0 saturated carbocycles. The van der Waals surface area contributed by atoms with Crippen molar-refractivity contribution in [2.75, 3.05) is 20.2 Å². The monoisotopic (exact) mass is 299 g/mol. The lowest BCUT2D eigenvalue weighted by Gasteiger charge is -2.45. The number of β-amino-alcohol motifs (C(OH)–C–C–N with tert-alkyl or cyclic N) is 1. The van der Waals surface area contributed by atoms with Crippen molar-refractivity contribution in [2.45, 2.75) is 37.7 Å². The van der Waals surface area contributed by atoms with Gasteiger partial charge in [0, 0.05) is 13.1 Å². The van der Waals surface area contributed by atoms with Crippen LogP contribution in [0.2, 0.25) is 0 Å². The predicted molar refractivity (Wildman–Crippen MR) is 76.5 cm³/mol. The van der Waals surface area contributed by atoms with Gasteiger partial charge in [-0.1, -0.05) is 6.92 Å². The van der Waals surface area contributed by atoms with Gasteiger partial charge in [-0.25, -0.2) is 8.42 Å². The van der Waals surface area contributed by atoms with Crippen LogP contribution in [0.15, 0.2) is 17.0 Å². The quantitative estimate of drug-likeness (QED) is 0.914. The maximum atomic E-state index is 12.6. The summed E-state index contributed by atoms with van der Waals surface area (Å²) in [6, 6.07) is 3.43. The van der Waals surface area contributed by atoms with Gasteiger partial charge in [-0.3, -0.25) is 0 Å². The maximum Gasteiger partial charge on any atom is 0.243 e. The Morgan fingerprint density at radius 3 is 2.20 bits per heavy atom. The minimum Gasteiger partial charge on any atom is -0.497 e. The molecule has 1 N–H and O–H groups in total. The van der Waals surface area contributed by atoms with E-state index < -0.39 is 15.6 Å². The van der Waals surface area contributed by atoms with Crippen molar-refractivity contribution in [3.8, 4) is 5.75 Å². The fraction of sp³-hybridized carbons (Fsp3) is 0.571. The summed E-state index contributed by atoms with van der Waals surface area (Å²) in [5.74, 6) is 0.646. The van der Waals surface area contributed by atoms with Crippen molar-refractivity contribution in [2.24, 2.45) is 0 Å². The van der Waals surface area contributed by atoms with E-state index in [1.54, 1.807) is 33.1 Å². The van der Waals surface area contributed by atoms with Gasteiger partial charge in [0.05, 0.1) is 17.6 Å². The van der Waals surface area contributed by atoms with Crippen molar-refractivity contribution in [1.29, 1.82) is 0 Å². The molecular weight excluding hydrogens is 278 g/mol. The number of methoxy groups -OCH3 is 1. The molecule has 0 atom stereocenters. The molecule has 5 nitrogen and oxygen atoms in total. The van der Waals surface area contributed by atoms with E-state index in [1.807, 2.05) is 6.92 Å². The summed E-state index contributed by atoms with van der Waals surface area (Å²) in [6.07, 6.45) is 0.555. The molecule has 1 heterocycles. The first-order chi connectivity index (χ1) is 9.23. The molecule has 1 aromatic carbocycles. The molecule has 1 aliphatic rings. The Kier molecular flexibility index (Phi) is 3.83. The molecule has 1 saturated heterocycles. The number of hydrogen-bond acceptors (Lipinski definition) is 4. The number of nitrogens with zero attached hydrogens (tertiary/aromatic N) is 1. The zero-order chi connectivity index (χ0) is 15.1. The lowest BCUT2D eigenvalue weighted by Crippen LogP contribution is -2.63. The van der Waals surface area contributed by atoms with Crippen molar-refractivity contribution in [1.82, 2.24) is 4.31 Å². The van der Waals surface area contributed by atoms with E-state index in [4.69, 9.17) is 4.74 Å². The molecule has 0 amide bonds. The van der Waals surface area contributed by atoms with Crippen LogP contribution in [0.25, 0.3) is 0 Å². The van der Waals surface area contributed by atoms with Crippen LogP contribution in [-0.2, 0) is 10.0 Å². The number of aryl methyl sites for hydroxylation is 2. The smallest absolute Gasteiger partial charge is 0.243 e. The van der Waals surface area contributed by atoms with E-state index in [-0.39, 0.29) is 13.1 Å². The molecule has 6 heteroatoms. The molecular formula is C14H21NO4S. The van der Waals surface area contributed by atoms with Crippen LogP contribution in [0.3, 0.4) is 0 Å². The third-order valence-electron chi connectivity index (χ3n) is 3.87. The highest BCUT2D eigenvalue weighted by molar-refractivity contribution is 7.89. The van der Waals surface area contributed by atoms with Gasteiger partial charge in [-0.05, 0) is 43.5 Å². The van der Waals surface area contributed by atoms with E-state index in [0.717, 1.165) is 0 Å². The molecule has 112 valence electrons. The van der Waals surface area contributed by atoms with Crippen LogP contribution in [0, 0.1) is 13.8 Å². The highest BCUT2D eigenvalue weighted by Gasteiger charge is 2.46. The number of benzene rings is 1. The van der Waals surface area contributed by atoms with Crippen LogP contribution < -0.4 is 4.74 Å². The highest BCUT2D eigenvalue weighted by atomic mass is 32.2. The third-order valence-corrected chi connectivity index (χ3v) is 5.96. The minimum absolute atomic E-state index is 0.163. The molecule has 1 aliphatic heterocycles. The fourth-order valence-electron chi connectivity index (χ4n) is 2.57. The van der Waals surface area contributed by atoms with E-state index in [2.05, 4.69) is 0 Å². The van der Waals surface area contributed by atoms with Crippen LogP contribution in [0.4, 0.5) is 0 Å². The molecule has 1 fully saturated rings. The first-order valence-corrected chi connectivity index (χ1v) is 8.05. The van der Waals surface area contributed by atoms with Gasteiger partial charge < -0.3 is 9.84 Å². The number of sulfonamides is 1. The van der Waals surface area contributed by atoms with Gasteiger partial charge in [0.25, 0.3) is 0 Å². The van der Waals surface area contributed by atoms with Gasteiger partial charge in [-0.2, -0.15) is 4.31 Å². The first-order valence-electron chi connectivity index (χ1n) is 6.61. The summed E-state index contributed by atoms with van der Waals surface area (Å²) in [6.45, 7) is 5.70. The van der Waals surface area contributed by atoms with Crippen molar-refractivity contribution >= 4 is 10.0 Å². The van der Waals surface area contributed by atoms with E-state index >= 15 is 0 Å². The molecule has 0 aliphatic carbocycles. The Bertz CT molecular complexity index is 595. The van der Waals surface area contributed by atoms with E-state index in [0.29, 0.717) is 28.2 Å². The molecule has 0 aromatic heterocycles. The maximum absolute atomic E-state index is 12.6. The molecule has 0 spiro atoms. The standard InChI is InChI=1S/C14H21NO4S/c1-5-14(16)8-15(9-14)20(17,18)13-10(2)6-12(19-4)7-11(13)3/h6-7,16H,5,8-9H2,1-4H3. The second-order valence-corrected chi connectivity index (χ2v) is 7.32. The van der Waals surface area contributed by atoms with Gasteiger partial charge in [0.2, 0.25) is 10.0 Å². The molecule has 2 rings (SSSR count). The summed E-state index contributed by atoms with van der Waals surface area (Å²) in [5, 5.41) is 9.99. The summed E-state index contributed by atoms with van der Waals surface area (Å²) in [7, 11) is -2.00. The normalized spacial score (nSPS) is 18.6. The second-order valence-electron chi connectivity index (χ2n) is 5.44. The van der Waals surface area contributed by atoms with E-state index in [1.165, 1.54) is 4.31 Å². The lowest BCUT2D eigenvalue weighted by molar-refractivity contribution is -0.0613. The van der Waals surface area contributed by atoms with Crippen LogP contribution >= 0.6 is 0 Å². The average Bonchev–Trinajstić information content (AvgIpc) is 2.33.